The Labute approximate surface area is 101 Å². The van der Waals surface area contributed by atoms with Gasteiger partial charge in [-0.3, -0.25) is 5.01 Å². The van der Waals surface area contributed by atoms with Gasteiger partial charge in [0.25, 0.3) is 0 Å². The summed E-state index contributed by atoms with van der Waals surface area (Å²) in [6.45, 7) is 2.00. The Bertz CT molecular complexity index is 439. The number of nitrogens with zero attached hydrogens (tertiary/aromatic N) is 1. The molecular weight excluding hydrogens is 214 g/mol. The molecule has 88 valence electrons. The van der Waals surface area contributed by atoms with E-state index in [1.807, 2.05) is 61.7 Å². The van der Waals surface area contributed by atoms with Crippen LogP contribution in [0.25, 0.3) is 0 Å². The number of allylic oxidation sites excluding steroid dienone is 2. The molecule has 1 atom stereocenters. The first-order valence-electron chi connectivity index (χ1n) is 5.52. The van der Waals surface area contributed by atoms with Crippen LogP contribution in [0, 0.1) is 0 Å². The second kappa shape index (κ2) is 5.21. The molecule has 0 aliphatic carbocycles. The molecule has 1 aliphatic rings. The minimum Gasteiger partial charge on any atom is -0.307 e. The molecule has 2 N–H and O–H groups in total. The maximum atomic E-state index is 11.7. The van der Waals surface area contributed by atoms with Crippen LogP contribution in [0.4, 0.5) is 10.5 Å². The fourth-order valence-corrected chi connectivity index (χ4v) is 1.53. The molecule has 1 unspecified atom stereocenters. The Balaban J connectivity index is 1.90. The molecule has 0 saturated heterocycles. The van der Waals surface area contributed by atoms with Gasteiger partial charge >= 0.3 is 6.03 Å². The van der Waals surface area contributed by atoms with E-state index in [0.29, 0.717) is 0 Å². The Hall–Kier alpha value is -2.23. The van der Waals surface area contributed by atoms with Crippen LogP contribution in [-0.4, -0.2) is 17.1 Å². The normalized spacial score (nSPS) is 17.9. The highest BCUT2D eigenvalue weighted by Crippen LogP contribution is 2.07. The third kappa shape index (κ3) is 3.11. The van der Waals surface area contributed by atoms with Crippen molar-refractivity contribution in [3.05, 3.63) is 54.8 Å². The monoisotopic (exact) mass is 229 g/mol. The lowest BCUT2D eigenvalue weighted by Crippen LogP contribution is -2.45. The van der Waals surface area contributed by atoms with Crippen LogP contribution in [0.1, 0.15) is 6.92 Å². The van der Waals surface area contributed by atoms with E-state index < -0.39 is 0 Å². The third-order valence-corrected chi connectivity index (χ3v) is 2.45. The SMILES string of the molecule is CC1C=CC=CN1NC(=O)Nc1ccccc1. The lowest BCUT2D eigenvalue weighted by Gasteiger charge is -2.27. The summed E-state index contributed by atoms with van der Waals surface area (Å²) >= 11 is 0. The molecule has 0 saturated carbocycles. The first kappa shape index (κ1) is 11.3. The van der Waals surface area contributed by atoms with Gasteiger partial charge in [-0.1, -0.05) is 30.4 Å². The summed E-state index contributed by atoms with van der Waals surface area (Å²) in [4.78, 5) is 11.7. The number of hydrogen-bond acceptors (Lipinski definition) is 2. The highest BCUT2D eigenvalue weighted by Gasteiger charge is 2.11. The molecule has 0 fully saturated rings. The molecule has 0 radical (unpaired) electrons. The van der Waals surface area contributed by atoms with Crippen molar-refractivity contribution >= 4 is 11.7 Å². The van der Waals surface area contributed by atoms with Crippen molar-refractivity contribution in [2.75, 3.05) is 5.32 Å². The van der Waals surface area contributed by atoms with E-state index in [1.165, 1.54) is 0 Å². The summed E-state index contributed by atoms with van der Waals surface area (Å²) in [5, 5.41) is 4.51. The average molecular weight is 229 g/mol. The van der Waals surface area contributed by atoms with E-state index in [9.17, 15) is 4.79 Å². The van der Waals surface area contributed by atoms with Crippen molar-refractivity contribution in [1.29, 1.82) is 0 Å². The minimum atomic E-state index is -0.247. The van der Waals surface area contributed by atoms with Crippen molar-refractivity contribution in [3.63, 3.8) is 0 Å². The number of para-hydroxylation sites is 1. The molecule has 0 bridgehead atoms. The largest absolute Gasteiger partial charge is 0.338 e. The molecule has 4 nitrogen and oxygen atoms in total. The van der Waals surface area contributed by atoms with Crippen LogP contribution >= 0.6 is 0 Å². The van der Waals surface area contributed by atoms with Crippen LogP contribution < -0.4 is 10.7 Å². The van der Waals surface area contributed by atoms with Gasteiger partial charge in [0, 0.05) is 11.9 Å². The Morgan fingerprint density at radius 1 is 1.24 bits per heavy atom. The molecular formula is C13H15N3O. The van der Waals surface area contributed by atoms with Crippen molar-refractivity contribution < 1.29 is 4.79 Å². The standard InChI is InChI=1S/C13H15N3O/c1-11-7-5-6-10-16(11)15-13(17)14-12-8-3-2-4-9-12/h2-11H,1H3,(H2,14,15,17). The number of amides is 2. The third-order valence-electron chi connectivity index (χ3n) is 2.45. The Morgan fingerprint density at radius 2 is 2.00 bits per heavy atom. The zero-order valence-electron chi connectivity index (χ0n) is 9.63. The quantitative estimate of drug-likeness (QED) is 0.818. The van der Waals surface area contributed by atoms with Gasteiger partial charge in [-0.2, -0.15) is 0 Å². The molecule has 1 aromatic carbocycles. The predicted octanol–water partition coefficient (Wildman–Crippen LogP) is 2.50. The molecule has 17 heavy (non-hydrogen) atoms. The van der Waals surface area contributed by atoms with E-state index in [1.54, 1.807) is 5.01 Å². The number of nitrogens with one attached hydrogen (secondary N) is 2. The second-order valence-corrected chi connectivity index (χ2v) is 3.81. The molecule has 2 rings (SSSR count). The van der Waals surface area contributed by atoms with Gasteiger partial charge in [-0.05, 0) is 25.1 Å². The van der Waals surface area contributed by atoms with Gasteiger partial charge < -0.3 is 5.32 Å². The summed E-state index contributed by atoms with van der Waals surface area (Å²) in [6, 6.07) is 9.25. The van der Waals surface area contributed by atoms with E-state index in [4.69, 9.17) is 0 Å². The minimum absolute atomic E-state index is 0.154. The Kier molecular flexibility index (Phi) is 3.45. The number of hydrogen-bond donors (Lipinski definition) is 2. The van der Waals surface area contributed by atoms with Crippen molar-refractivity contribution in [1.82, 2.24) is 10.4 Å². The van der Waals surface area contributed by atoms with Gasteiger partial charge in [0.15, 0.2) is 0 Å². The first-order chi connectivity index (χ1) is 8.25. The summed E-state index contributed by atoms with van der Waals surface area (Å²) in [7, 11) is 0. The van der Waals surface area contributed by atoms with Gasteiger partial charge in [-0.25, -0.2) is 10.2 Å². The number of urea groups is 1. The molecule has 0 spiro atoms. The predicted molar refractivity (Wildman–Crippen MR) is 68.2 cm³/mol. The number of carbonyl (C=O) groups is 1. The molecule has 1 aliphatic heterocycles. The number of anilines is 1. The number of carbonyl (C=O) groups excluding carboxylic acids is 1. The van der Waals surface area contributed by atoms with Crippen LogP contribution in [0.2, 0.25) is 0 Å². The maximum absolute atomic E-state index is 11.7. The van der Waals surface area contributed by atoms with Crippen LogP contribution in [0.15, 0.2) is 54.8 Å². The maximum Gasteiger partial charge on any atom is 0.338 e. The van der Waals surface area contributed by atoms with Crippen LogP contribution in [0.5, 0.6) is 0 Å². The molecule has 4 heteroatoms. The summed E-state index contributed by atoms with van der Waals surface area (Å²) in [5.74, 6) is 0. The van der Waals surface area contributed by atoms with E-state index in [2.05, 4.69) is 10.7 Å². The van der Waals surface area contributed by atoms with E-state index in [0.717, 1.165) is 5.69 Å². The fourth-order valence-electron chi connectivity index (χ4n) is 1.53. The highest BCUT2D eigenvalue weighted by molar-refractivity contribution is 5.88. The summed E-state index contributed by atoms with van der Waals surface area (Å²) in [5.41, 5.74) is 3.53. The molecule has 2 amide bonds. The van der Waals surface area contributed by atoms with Gasteiger partial charge in [0.1, 0.15) is 0 Å². The second-order valence-electron chi connectivity index (χ2n) is 3.81. The number of benzene rings is 1. The van der Waals surface area contributed by atoms with Gasteiger partial charge in [0.2, 0.25) is 0 Å². The summed E-state index contributed by atoms with van der Waals surface area (Å²) in [6.07, 6.45) is 7.67. The first-order valence-corrected chi connectivity index (χ1v) is 5.52. The highest BCUT2D eigenvalue weighted by atomic mass is 16.2. The fraction of sp³-hybridized carbons (Fsp3) is 0.154. The van der Waals surface area contributed by atoms with E-state index in [-0.39, 0.29) is 12.1 Å². The number of rotatable bonds is 2. The summed E-state index contributed by atoms with van der Waals surface area (Å²) < 4.78 is 0. The smallest absolute Gasteiger partial charge is 0.307 e. The van der Waals surface area contributed by atoms with Gasteiger partial charge in [-0.15, -0.1) is 0 Å². The zero-order chi connectivity index (χ0) is 12.1. The molecule has 1 heterocycles. The average Bonchev–Trinajstić information content (AvgIpc) is 2.33. The number of hydrazine groups is 1. The zero-order valence-corrected chi connectivity index (χ0v) is 9.63. The lowest BCUT2D eigenvalue weighted by molar-refractivity contribution is 0.209. The van der Waals surface area contributed by atoms with Gasteiger partial charge in [0.05, 0.1) is 6.04 Å². The molecule has 1 aromatic rings. The van der Waals surface area contributed by atoms with Crippen molar-refractivity contribution in [2.45, 2.75) is 13.0 Å². The lowest BCUT2D eigenvalue weighted by atomic mass is 10.2. The Morgan fingerprint density at radius 3 is 2.71 bits per heavy atom. The van der Waals surface area contributed by atoms with E-state index >= 15 is 0 Å². The molecule has 0 aromatic heterocycles. The van der Waals surface area contributed by atoms with Crippen LogP contribution in [0.3, 0.4) is 0 Å². The van der Waals surface area contributed by atoms with Crippen molar-refractivity contribution in [3.8, 4) is 0 Å². The van der Waals surface area contributed by atoms with Crippen LogP contribution in [-0.2, 0) is 0 Å². The topological polar surface area (TPSA) is 44.4 Å². The van der Waals surface area contributed by atoms with Crippen molar-refractivity contribution in [2.24, 2.45) is 0 Å².